The Bertz CT molecular complexity index is 906. The minimum atomic E-state index is -1.21. The fourth-order valence-corrected chi connectivity index (χ4v) is 3.15. The van der Waals surface area contributed by atoms with Crippen LogP contribution >= 0.6 is 0 Å². The lowest BCUT2D eigenvalue weighted by atomic mass is 9.99. The van der Waals surface area contributed by atoms with E-state index in [9.17, 15) is 34.2 Å². The Morgan fingerprint density at radius 3 is 2.06 bits per heavy atom. The van der Waals surface area contributed by atoms with Crippen molar-refractivity contribution in [1.82, 2.24) is 16.0 Å². The Kier molecular flexibility index (Phi) is 11.7. The van der Waals surface area contributed by atoms with Crippen LogP contribution in [-0.4, -0.2) is 64.0 Å². The lowest BCUT2D eigenvalue weighted by Crippen LogP contribution is -2.57. The van der Waals surface area contributed by atoms with Gasteiger partial charge in [0.15, 0.2) is 0 Å². The molecule has 5 atom stereocenters. The van der Waals surface area contributed by atoms with Gasteiger partial charge in [-0.3, -0.25) is 19.2 Å². The number of carbonyl (C=O) groups is 5. The number of carboxylic acids is 1. The van der Waals surface area contributed by atoms with Gasteiger partial charge >= 0.3 is 5.97 Å². The number of primary amides is 1. The number of aromatic hydroxyl groups is 1. The van der Waals surface area contributed by atoms with Crippen LogP contribution in [0.4, 0.5) is 0 Å². The summed E-state index contributed by atoms with van der Waals surface area (Å²) >= 11 is 0. The van der Waals surface area contributed by atoms with Crippen molar-refractivity contribution >= 4 is 29.6 Å². The van der Waals surface area contributed by atoms with E-state index in [2.05, 4.69) is 16.0 Å². The molecule has 0 spiro atoms. The Hall–Kier alpha value is -3.67. The molecule has 1 aromatic carbocycles. The molecule has 0 aromatic heterocycles. The van der Waals surface area contributed by atoms with Gasteiger partial charge in [0.2, 0.25) is 23.6 Å². The molecule has 0 bridgehead atoms. The monoisotopic (exact) mass is 493 g/mol. The summed E-state index contributed by atoms with van der Waals surface area (Å²) < 4.78 is 0. The number of phenols is 1. The molecule has 12 nitrogen and oxygen atoms in total. The molecule has 35 heavy (non-hydrogen) atoms. The fraction of sp³-hybridized carbons (Fsp3) is 0.522. The molecule has 194 valence electrons. The second-order valence-corrected chi connectivity index (χ2v) is 8.48. The van der Waals surface area contributed by atoms with Crippen molar-refractivity contribution in [1.29, 1.82) is 0 Å². The summed E-state index contributed by atoms with van der Waals surface area (Å²) in [5.74, 6) is -4.29. The number of aliphatic carboxylic acids is 1. The lowest BCUT2D eigenvalue weighted by molar-refractivity contribution is -0.143. The molecule has 0 aliphatic carbocycles. The first-order chi connectivity index (χ1) is 16.3. The van der Waals surface area contributed by atoms with Crippen LogP contribution in [0.25, 0.3) is 0 Å². The standard InChI is InChI=1S/C23H35N5O7/c1-4-12(2)19(23(34)35)28-20(31)13(3)26-22(33)17(9-10-18(25)30)27-21(32)16(24)11-14-5-7-15(29)8-6-14/h5-8,12-13,16-17,19,29H,4,9-11,24H2,1-3H3,(H2,25,30)(H,26,33)(H,27,32)(H,28,31)(H,34,35). The summed E-state index contributed by atoms with van der Waals surface area (Å²) in [6, 6.07) is 1.62. The average molecular weight is 494 g/mol. The first-order valence-electron chi connectivity index (χ1n) is 11.3. The van der Waals surface area contributed by atoms with Gasteiger partial charge in [0.05, 0.1) is 6.04 Å². The number of hydrogen-bond acceptors (Lipinski definition) is 7. The summed E-state index contributed by atoms with van der Waals surface area (Å²) in [4.78, 5) is 60.5. The van der Waals surface area contributed by atoms with Crippen LogP contribution in [0, 0.1) is 5.92 Å². The highest BCUT2D eigenvalue weighted by Crippen LogP contribution is 2.11. The van der Waals surface area contributed by atoms with Crippen molar-refractivity contribution in [3.63, 3.8) is 0 Å². The quantitative estimate of drug-likeness (QED) is 0.172. The zero-order valence-electron chi connectivity index (χ0n) is 20.1. The highest BCUT2D eigenvalue weighted by atomic mass is 16.4. The predicted molar refractivity (Wildman–Crippen MR) is 127 cm³/mol. The number of benzene rings is 1. The van der Waals surface area contributed by atoms with E-state index in [1.807, 2.05) is 0 Å². The maximum atomic E-state index is 12.8. The fourth-order valence-electron chi connectivity index (χ4n) is 3.15. The summed E-state index contributed by atoms with van der Waals surface area (Å²) in [6.45, 7) is 4.84. The smallest absolute Gasteiger partial charge is 0.326 e. The molecule has 0 aliphatic rings. The Balaban J connectivity index is 2.83. The summed E-state index contributed by atoms with van der Waals surface area (Å²) in [5, 5.41) is 26.0. The normalized spacial score (nSPS) is 15.1. The number of amides is 4. The minimum absolute atomic E-state index is 0.0620. The second-order valence-electron chi connectivity index (χ2n) is 8.48. The molecule has 0 heterocycles. The van der Waals surface area contributed by atoms with E-state index in [-0.39, 0.29) is 30.9 Å². The van der Waals surface area contributed by atoms with Gasteiger partial charge < -0.3 is 37.6 Å². The predicted octanol–water partition coefficient (Wildman–Crippen LogP) is -0.867. The highest BCUT2D eigenvalue weighted by Gasteiger charge is 2.30. The van der Waals surface area contributed by atoms with E-state index < -0.39 is 53.8 Å². The van der Waals surface area contributed by atoms with Crippen LogP contribution < -0.4 is 27.4 Å². The van der Waals surface area contributed by atoms with Crippen LogP contribution in [-0.2, 0) is 30.4 Å². The number of carboxylic acid groups (broad SMARTS) is 1. The molecule has 0 radical (unpaired) electrons. The third-order valence-electron chi connectivity index (χ3n) is 5.57. The summed E-state index contributed by atoms with van der Waals surface area (Å²) in [6.07, 6.45) is 0.309. The largest absolute Gasteiger partial charge is 0.508 e. The van der Waals surface area contributed by atoms with Crippen LogP contribution in [0.15, 0.2) is 24.3 Å². The zero-order valence-corrected chi connectivity index (χ0v) is 20.1. The average Bonchev–Trinajstić information content (AvgIpc) is 2.80. The second kappa shape index (κ2) is 13.9. The molecule has 9 N–H and O–H groups in total. The third-order valence-corrected chi connectivity index (χ3v) is 5.57. The van der Waals surface area contributed by atoms with Gasteiger partial charge in [0.1, 0.15) is 23.9 Å². The first kappa shape index (κ1) is 29.4. The zero-order chi connectivity index (χ0) is 26.7. The van der Waals surface area contributed by atoms with Crippen molar-refractivity contribution in [2.45, 2.75) is 70.6 Å². The van der Waals surface area contributed by atoms with Crippen molar-refractivity contribution in [3.8, 4) is 5.75 Å². The highest BCUT2D eigenvalue weighted by molar-refractivity contribution is 5.94. The van der Waals surface area contributed by atoms with E-state index in [0.29, 0.717) is 12.0 Å². The van der Waals surface area contributed by atoms with E-state index >= 15 is 0 Å². The molecular formula is C23H35N5O7. The van der Waals surface area contributed by atoms with Crippen LogP contribution in [0.1, 0.15) is 45.6 Å². The summed E-state index contributed by atoms with van der Waals surface area (Å²) in [5.41, 5.74) is 11.8. The molecule has 5 unspecified atom stereocenters. The molecule has 4 amide bonds. The molecular weight excluding hydrogens is 458 g/mol. The molecule has 12 heteroatoms. The van der Waals surface area contributed by atoms with Gasteiger partial charge in [-0.15, -0.1) is 0 Å². The van der Waals surface area contributed by atoms with E-state index in [4.69, 9.17) is 11.5 Å². The number of nitrogens with two attached hydrogens (primary N) is 2. The van der Waals surface area contributed by atoms with E-state index in [1.165, 1.54) is 19.1 Å². The van der Waals surface area contributed by atoms with E-state index in [0.717, 1.165) is 0 Å². The molecule has 0 saturated carbocycles. The van der Waals surface area contributed by atoms with Gasteiger partial charge in [-0.2, -0.15) is 0 Å². The lowest BCUT2D eigenvalue weighted by Gasteiger charge is -2.25. The number of carbonyl (C=O) groups excluding carboxylic acids is 4. The molecule has 0 aliphatic heterocycles. The maximum absolute atomic E-state index is 12.8. The van der Waals surface area contributed by atoms with E-state index in [1.54, 1.807) is 26.0 Å². The van der Waals surface area contributed by atoms with Crippen LogP contribution in [0.2, 0.25) is 0 Å². The van der Waals surface area contributed by atoms with Gasteiger partial charge in [0.25, 0.3) is 0 Å². The molecule has 0 saturated heterocycles. The van der Waals surface area contributed by atoms with Gasteiger partial charge in [-0.05, 0) is 43.4 Å². The molecule has 0 fully saturated rings. The Morgan fingerprint density at radius 1 is 0.943 bits per heavy atom. The number of nitrogens with one attached hydrogen (secondary N) is 3. The van der Waals surface area contributed by atoms with Crippen LogP contribution in [0.5, 0.6) is 5.75 Å². The van der Waals surface area contributed by atoms with Crippen molar-refractivity contribution < 1.29 is 34.2 Å². The maximum Gasteiger partial charge on any atom is 0.326 e. The van der Waals surface area contributed by atoms with Gasteiger partial charge in [0, 0.05) is 6.42 Å². The molecule has 1 aromatic rings. The van der Waals surface area contributed by atoms with Crippen molar-refractivity contribution in [3.05, 3.63) is 29.8 Å². The topological polar surface area (TPSA) is 214 Å². The summed E-state index contributed by atoms with van der Waals surface area (Å²) in [7, 11) is 0. The van der Waals surface area contributed by atoms with Crippen molar-refractivity contribution in [2.24, 2.45) is 17.4 Å². The van der Waals surface area contributed by atoms with Crippen molar-refractivity contribution in [2.75, 3.05) is 0 Å². The third kappa shape index (κ3) is 10.0. The molecule has 1 rings (SSSR count). The van der Waals surface area contributed by atoms with Gasteiger partial charge in [-0.1, -0.05) is 32.4 Å². The van der Waals surface area contributed by atoms with Gasteiger partial charge in [-0.25, -0.2) is 4.79 Å². The number of hydrogen-bond donors (Lipinski definition) is 7. The Morgan fingerprint density at radius 2 is 1.54 bits per heavy atom. The minimum Gasteiger partial charge on any atom is -0.508 e. The van der Waals surface area contributed by atoms with Crippen LogP contribution in [0.3, 0.4) is 0 Å². The first-order valence-corrected chi connectivity index (χ1v) is 11.3. The number of phenolic OH excluding ortho intramolecular Hbond substituents is 1. The Labute approximate surface area is 203 Å². The number of rotatable bonds is 14. The SMILES string of the molecule is CCC(C)C(NC(=O)C(C)NC(=O)C(CCC(N)=O)NC(=O)C(N)Cc1ccc(O)cc1)C(=O)O.